The normalized spacial score (nSPS) is 19.8. The van der Waals surface area contributed by atoms with Crippen molar-refractivity contribution in [2.45, 2.75) is 31.8 Å². The second-order valence-electron chi connectivity index (χ2n) is 5.47. The Balaban J connectivity index is 1.81. The van der Waals surface area contributed by atoms with E-state index in [9.17, 15) is 9.59 Å². The summed E-state index contributed by atoms with van der Waals surface area (Å²) in [5, 5.41) is 10.3. The maximum absolute atomic E-state index is 12.2. The van der Waals surface area contributed by atoms with Crippen molar-refractivity contribution in [2.75, 3.05) is 26.7 Å². The zero-order chi connectivity index (χ0) is 15.2. The lowest BCUT2D eigenvalue weighted by Crippen LogP contribution is -2.49. The highest BCUT2D eigenvalue weighted by Crippen LogP contribution is 2.07. The van der Waals surface area contributed by atoms with E-state index in [4.69, 9.17) is 0 Å². The van der Waals surface area contributed by atoms with Gasteiger partial charge in [0, 0.05) is 32.0 Å². The van der Waals surface area contributed by atoms with Gasteiger partial charge in [0.05, 0.1) is 6.54 Å². The Morgan fingerprint density at radius 1 is 1.57 bits per heavy atom. The van der Waals surface area contributed by atoms with Crippen molar-refractivity contribution in [3.8, 4) is 0 Å². The van der Waals surface area contributed by atoms with Gasteiger partial charge in [-0.3, -0.25) is 14.3 Å². The number of aromatic nitrogens is 2. The van der Waals surface area contributed by atoms with Crippen LogP contribution in [-0.4, -0.2) is 59.2 Å². The number of hydrogen-bond acceptors (Lipinski definition) is 4. The number of piperidine rings is 1. The first kappa shape index (κ1) is 15.5. The first-order valence-electron chi connectivity index (χ1n) is 7.32. The third-order valence-electron chi connectivity index (χ3n) is 3.70. The monoisotopic (exact) mass is 293 g/mol. The Morgan fingerprint density at radius 3 is 3.00 bits per heavy atom. The molecule has 1 aliphatic rings. The second-order valence-corrected chi connectivity index (χ2v) is 5.47. The molecule has 7 heteroatoms. The van der Waals surface area contributed by atoms with Crippen molar-refractivity contribution >= 4 is 11.8 Å². The van der Waals surface area contributed by atoms with Gasteiger partial charge in [-0.2, -0.15) is 5.10 Å². The van der Waals surface area contributed by atoms with Crippen molar-refractivity contribution < 1.29 is 9.59 Å². The Kier molecular flexibility index (Phi) is 5.32. The van der Waals surface area contributed by atoms with Gasteiger partial charge in [-0.25, -0.2) is 0 Å². The third kappa shape index (κ3) is 4.29. The molecule has 1 aliphatic heterocycles. The van der Waals surface area contributed by atoms with Crippen LogP contribution in [0.5, 0.6) is 0 Å². The molecule has 1 aromatic heterocycles. The van der Waals surface area contributed by atoms with E-state index >= 15 is 0 Å². The Hall–Kier alpha value is -1.89. The minimum absolute atomic E-state index is 0.0704. The molecule has 2 unspecified atom stereocenters. The van der Waals surface area contributed by atoms with Gasteiger partial charge in [0.2, 0.25) is 11.8 Å². The number of rotatable bonds is 5. The number of carbonyl (C=O) groups excluding carboxylic acids is 2. The average molecular weight is 293 g/mol. The molecule has 2 amide bonds. The summed E-state index contributed by atoms with van der Waals surface area (Å²) in [6.45, 7) is 3.65. The zero-order valence-corrected chi connectivity index (χ0v) is 12.6. The van der Waals surface area contributed by atoms with Gasteiger partial charge in [0.15, 0.2) is 0 Å². The highest BCUT2D eigenvalue weighted by molar-refractivity contribution is 5.86. The van der Waals surface area contributed by atoms with Gasteiger partial charge in [-0.1, -0.05) is 0 Å². The van der Waals surface area contributed by atoms with E-state index in [-0.39, 0.29) is 24.4 Å². The van der Waals surface area contributed by atoms with E-state index in [0.29, 0.717) is 0 Å². The van der Waals surface area contributed by atoms with Gasteiger partial charge < -0.3 is 15.5 Å². The molecule has 0 aromatic carbocycles. The molecule has 0 radical (unpaired) electrons. The van der Waals surface area contributed by atoms with Gasteiger partial charge in [-0.05, 0) is 32.4 Å². The third-order valence-corrected chi connectivity index (χ3v) is 3.70. The Morgan fingerprint density at radius 2 is 2.38 bits per heavy atom. The summed E-state index contributed by atoms with van der Waals surface area (Å²) in [5.74, 6) is -0.247. The first-order valence-corrected chi connectivity index (χ1v) is 7.32. The summed E-state index contributed by atoms with van der Waals surface area (Å²) in [7, 11) is 1.64. The molecule has 1 saturated heterocycles. The van der Waals surface area contributed by atoms with Crippen LogP contribution in [0.4, 0.5) is 0 Å². The van der Waals surface area contributed by atoms with E-state index in [1.165, 1.54) is 4.90 Å². The fourth-order valence-electron chi connectivity index (χ4n) is 2.48. The van der Waals surface area contributed by atoms with Crippen LogP contribution in [-0.2, 0) is 9.59 Å². The molecule has 0 aliphatic carbocycles. The van der Waals surface area contributed by atoms with Crippen LogP contribution in [0.15, 0.2) is 18.5 Å². The number of likely N-dealkylation sites (N-methyl/N-ethyl adjacent to an activating group) is 1. The molecule has 2 rings (SSSR count). The van der Waals surface area contributed by atoms with E-state index < -0.39 is 6.04 Å². The molecule has 0 saturated carbocycles. The van der Waals surface area contributed by atoms with Crippen LogP contribution >= 0.6 is 0 Å². The van der Waals surface area contributed by atoms with Crippen LogP contribution in [0.3, 0.4) is 0 Å². The molecule has 0 spiro atoms. The van der Waals surface area contributed by atoms with Crippen molar-refractivity contribution in [3.63, 3.8) is 0 Å². The minimum Gasteiger partial charge on any atom is -0.351 e. The molecule has 2 heterocycles. The lowest BCUT2D eigenvalue weighted by atomic mass is 10.1. The molecule has 116 valence electrons. The van der Waals surface area contributed by atoms with Crippen LogP contribution in [0.1, 0.15) is 25.8 Å². The lowest BCUT2D eigenvalue weighted by molar-refractivity contribution is -0.137. The van der Waals surface area contributed by atoms with E-state index in [1.807, 2.05) is 0 Å². The SMILES string of the molecule is CC(C(=O)N(C)CC(=O)NC1CCCNC1)n1cccn1. The summed E-state index contributed by atoms with van der Waals surface area (Å²) >= 11 is 0. The highest BCUT2D eigenvalue weighted by Gasteiger charge is 2.22. The van der Waals surface area contributed by atoms with Crippen molar-refractivity contribution in [3.05, 3.63) is 18.5 Å². The predicted molar refractivity (Wildman–Crippen MR) is 78.6 cm³/mol. The largest absolute Gasteiger partial charge is 0.351 e. The summed E-state index contributed by atoms with van der Waals surface area (Å²) in [5.41, 5.74) is 0. The average Bonchev–Trinajstić information content (AvgIpc) is 3.00. The van der Waals surface area contributed by atoms with Crippen molar-refractivity contribution in [1.29, 1.82) is 0 Å². The van der Waals surface area contributed by atoms with Crippen LogP contribution in [0.2, 0.25) is 0 Å². The molecule has 0 bridgehead atoms. The molecule has 1 aromatic rings. The summed E-state index contributed by atoms with van der Waals surface area (Å²) < 4.78 is 1.59. The summed E-state index contributed by atoms with van der Waals surface area (Å²) in [6, 6.07) is 1.53. The molecular weight excluding hydrogens is 270 g/mol. The number of nitrogens with one attached hydrogen (secondary N) is 2. The van der Waals surface area contributed by atoms with Crippen molar-refractivity contribution in [1.82, 2.24) is 25.3 Å². The highest BCUT2D eigenvalue weighted by atomic mass is 16.2. The molecular formula is C14H23N5O2. The number of nitrogens with zero attached hydrogens (tertiary/aromatic N) is 3. The van der Waals surface area contributed by atoms with Gasteiger partial charge in [0.1, 0.15) is 6.04 Å². The maximum atomic E-state index is 12.2. The topological polar surface area (TPSA) is 79.3 Å². The maximum Gasteiger partial charge on any atom is 0.247 e. The predicted octanol–water partition coefficient (Wildman–Crippen LogP) is -0.229. The summed E-state index contributed by atoms with van der Waals surface area (Å²) in [6.07, 6.45) is 5.42. The Bertz CT molecular complexity index is 468. The van der Waals surface area contributed by atoms with Crippen LogP contribution < -0.4 is 10.6 Å². The van der Waals surface area contributed by atoms with Gasteiger partial charge in [-0.15, -0.1) is 0 Å². The molecule has 21 heavy (non-hydrogen) atoms. The molecule has 7 nitrogen and oxygen atoms in total. The van der Waals surface area contributed by atoms with E-state index in [2.05, 4.69) is 15.7 Å². The summed E-state index contributed by atoms with van der Waals surface area (Å²) in [4.78, 5) is 25.7. The zero-order valence-electron chi connectivity index (χ0n) is 12.6. The quantitative estimate of drug-likeness (QED) is 0.786. The van der Waals surface area contributed by atoms with Crippen molar-refractivity contribution in [2.24, 2.45) is 0 Å². The first-order chi connectivity index (χ1) is 10.1. The van der Waals surface area contributed by atoms with Gasteiger partial charge in [0.25, 0.3) is 0 Å². The smallest absolute Gasteiger partial charge is 0.247 e. The standard InChI is InChI=1S/C14H23N5O2/c1-11(19-8-4-7-16-19)14(21)18(2)10-13(20)17-12-5-3-6-15-9-12/h4,7-8,11-12,15H,3,5-6,9-10H2,1-2H3,(H,17,20). The molecule has 2 N–H and O–H groups in total. The minimum atomic E-state index is -0.408. The fourth-order valence-corrected chi connectivity index (χ4v) is 2.48. The fraction of sp³-hybridized carbons (Fsp3) is 0.643. The number of carbonyl (C=O) groups is 2. The number of amides is 2. The Labute approximate surface area is 124 Å². The van der Waals surface area contributed by atoms with E-state index in [0.717, 1.165) is 25.9 Å². The lowest BCUT2D eigenvalue weighted by Gasteiger charge is -2.26. The molecule has 1 fully saturated rings. The van der Waals surface area contributed by atoms with E-state index in [1.54, 1.807) is 37.1 Å². The second kappa shape index (κ2) is 7.21. The van der Waals surface area contributed by atoms with Crippen LogP contribution in [0, 0.1) is 0 Å². The molecule has 2 atom stereocenters. The number of hydrogen-bond donors (Lipinski definition) is 2. The van der Waals surface area contributed by atoms with Crippen LogP contribution in [0.25, 0.3) is 0 Å². The van der Waals surface area contributed by atoms with Gasteiger partial charge >= 0.3 is 0 Å².